The number of ether oxygens (including phenoxy) is 1. The Morgan fingerprint density at radius 1 is 1.03 bits per heavy atom. The Labute approximate surface area is 182 Å². The molecule has 0 aliphatic carbocycles. The molecule has 0 amide bonds. The first-order valence-electron chi connectivity index (χ1n) is 11.9. The van der Waals surface area contributed by atoms with Gasteiger partial charge in [-0.1, -0.05) is 69.9 Å². The molecule has 2 aliphatic rings. The number of fused-ring (bicyclic) bond motifs is 1. The molecule has 1 aromatic carbocycles. The Kier molecular flexibility index (Phi) is 7.98. The lowest BCUT2D eigenvalue weighted by molar-refractivity contribution is -0.429. The van der Waals surface area contributed by atoms with Crippen molar-refractivity contribution in [2.24, 2.45) is 11.8 Å². The fourth-order valence-corrected chi connectivity index (χ4v) is 5.52. The van der Waals surface area contributed by atoms with Crippen molar-refractivity contribution >= 4 is 5.97 Å². The molecule has 2 heterocycles. The largest absolute Gasteiger partial charge is 0.456 e. The quantitative estimate of drug-likeness (QED) is 0.237. The van der Waals surface area contributed by atoms with E-state index in [2.05, 4.69) is 51.1 Å². The van der Waals surface area contributed by atoms with Gasteiger partial charge >= 0.3 is 5.97 Å². The Bertz CT molecular complexity index is 675. The number of unbranched alkanes of at least 4 members (excludes halogenated alkanes) is 3. The van der Waals surface area contributed by atoms with Crippen LogP contribution in [-0.4, -0.2) is 23.3 Å². The number of rotatable bonds is 11. The van der Waals surface area contributed by atoms with Gasteiger partial charge < -0.3 is 4.74 Å². The molecular formula is C26H40O4. The van der Waals surface area contributed by atoms with Crippen LogP contribution >= 0.6 is 0 Å². The summed E-state index contributed by atoms with van der Waals surface area (Å²) in [5.41, 5.74) is 0.511. The maximum Gasteiger partial charge on any atom is 0.309 e. The SMILES string of the molecule is CC(CCCCCCc1ccccc1)CC(C)CC1(C)CC2(C)OC(=O)CC2OO1. The zero-order valence-electron chi connectivity index (χ0n) is 19.3. The minimum absolute atomic E-state index is 0.180. The van der Waals surface area contributed by atoms with E-state index in [9.17, 15) is 4.79 Å². The van der Waals surface area contributed by atoms with Crippen molar-refractivity contribution < 1.29 is 19.3 Å². The highest BCUT2D eigenvalue weighted by Crippen LogP contribution is 2.45. The molecule has 3 rings (SSSR count). The van der Waals surface area contributed by atoms with Gasteiger partial charge in [-0.2, -0.15) is 0 Å². The Hall–Kier alpha value is -1.39. The summed E-state index contributed by atoms with van der Waals surface area (Å²) >= 11 is 0. The summed E-state index contributed by atoms with van der Waals surface area (Å²) in [6.07, 6.45) is 10.6. The highest BCUT2D eigenvalue weighted by molar-refractivity contribution is 5.73. The molecule has 2 aliphatic heterocycles. The Balaban J connectivity index is 1.30. The maximum atomic E-state index is 11.7. The van der Waals surface area contributed by atoms with E-state index in [1.807, 2.05) is 6.92 Å². The van der Waals surface area contributed by atoms with Crippen molar-refractivity contribution in [2.75, 3.05) is 0 Å². The van der Waals surface area contributed by atoms with Gasteiger partial charge in [-0.25, -0.2) is 9.78 Å². The summed E-state index contributed by atoms with van der Waals surface area (Å²) in [6.45, 7) is 8.75. The van der Waals surface area contributed by atoms with E-state index in [1.165, 1.54) is 50.5 Å². The molecule has 0 aromatic heterocycles. The van der Waals surface area contributed by atoms with Crippen LogP contribution in [0.15, 0.2) is 30.3 Å². The van der Waals surface area contributed by atoms with Gasteiger partial charge in [0.2, 0.25) is 0 Å². The maximum absolute atomic E-state index is 11.7. The molecular weight excluding hydrogens is 376 g/mol. The lowest BCUT2D eigenvalue weighted by atomic mass is 9.78. The molecule has 2 saturated heterocycles. The third-order valence-corrected chi connectivity index (χ3v) is 6.81. The lowest BCUT2D eigenvalue weighted by Gasteiger charge is -2.44. The molecule has 0 spiro atoms. The Morgan fingerprint density at radius 2 is 1.77 bits per heavy atom. The van der Waals surface area contributed by atoms with Crippen LogP contribution in [0.4, 0.5) is 0 Å². The van der Waals surface area contributed by atoms with E-state index in [0.717, 1.165) is 12.3 Å². The van der Waals surface area contributed by atoms with Crippen molar-refractivity contribution in [2.45, 2.75) is 109 Å². The van der Waals surface area contributed by atoms with Crippen LogP contribution in [0, 0.1) is 11.8 Å². The fourth-order valence-electron chi connectivity index (χ4n) is 5.52. The number of esters is 1. The molecule has 30 heavy (non-hydrogen) atoms. The molecule has 2 fully saturated rings. The van der Waals surface area contributed by atoms with Crippen LogP contribution in [0.1, 0.15) is 91.0 Å². The predicted molar refractivity (Wildman–Crippen MR) is 119 cm³/mol. The van der Waals surface area contributed by atoms with Gasteiger partial charge in [-0.05, 0) is 56.9 Å². The summed E-state index contributed by atoms with van der Waals surface area (Å²) in [4.78, 5) is 23.0. The van der Waals surface area contributed by atoms with E-state index in [4.69, 9.17) is 14.5 Å². The molecule has 0 bridgehead atoms. The topological polar surface area (TPSA) is 44.8 Å². The Morgan fingerprint density at radius 3 is 2.53 bits per heavy atom. The minimum Gasteiger partial charge on any atom is -0.456 e. The number of carbonyl (C=O) groups is 1. The molecule has 0 radical (unpaired) electrons. The number of hydrogen-bond acceptors (Lipinski definition) is 4. The molecule has 4 heteroatoms. The highest BCUT2D eigenvalue weighted by Gasteiger charge is 2.55. The molecule has 5 unspecified atom stereocenters. The fraction of sp³-hybridized carbons (Fsp3) is 0.731. The first kappa shape index (κ1) is 23.3. The van der Waals surface area contributed by atoms with E-state index in [0.29, 0.717) is 18.8 Å². The van der Waals surface area contributed by atoms with Crippen molar-refractivity contribution in [3.05, 3.63) is 35.9 Å². The van der Waals surface area contributed by atoms with E-state index in [1.54, 1.807) is 0 Å². The first-order chi connectivity index (χ1) is 14.3. The van der Waals surface area contributed by atoms with E-state index >= 15 is 0 Å². The van der Waals surface area contributed by atoms with Gasteiger partial charge in [-0.3, -0.25) is 4.79 Å². The minimum atomic E-state index is -0.546. The lowest BCUT2D eigenvalue weighted by Crippen LogP contribution is -2.52. The van der Waals surface area contributed by atoms with Gasteiger partial charge in [0, 0.05) is 6.42 Å². The van der Waals surface area contributed by atoms with Crippen molar-refractivity contribution in [3.63, 3.8) is 0 Å². The smallest absolute Gasteiger partial charge is 0.309 e. The number of carbonyl (C=O) groups excluding carboxylic acids is 1. The van der Waals surface area contributed by atoms with Crippen molar-refractivity contribution in [1.82, 2.24) is 0 Å². The van der Waals surface area contributed by atoms with E-state index in [-0.39, 0.29) is 12.1 Å². The van der Waals surface area contributed by atoms with Crippen LogP contribution in [0.25, 0.3) is 0 Å². The van der Waals surface area contributed by atoms with Gasteiger partial charge in [0.15, 0.2) is 0 Å². The summed E-state index contributed by atoms with van der Waals surface area (Å²) in [5, 5.41) is 0. The monoisotopic (exact) mass is 416 g/mol. The van der Waals surface area contributed by atoms with Crippen LogP contribution in [0.3, 0.4) is 0 Å². The van der Waals surface area contributed by atoms with Gasteiger partial charge in [0.05, 0.1) is 6.42 Å². The summed E-state index contributed by atoms with van der Waals surface area (Å²) < 4.78 is 5.58. The molecule has 0 saturated carbocycles. The van der Waals surface area contributed by atoms with Crippen LogP contribution in [0.5, 0.6) is 0 Å². The average molecular weight is 417 g/mol. The van der Waals surface area contributed by atoms with Crippen molar-refractivity contribution in [3.8, 4) is 0 Å². The number of aryl methyl sites for hydroxylation is 1. The molecule has 168 valence electrons. The molecule has 1 aromatic rings. The van der Waals surface area contributed by atoms with E-state index < -0.39 is 11.2 Å². The third kappa shape index (κ3) is 6.55. The summed E-state index contributed by atoms with van der Waals surface area (Å²) in [5.74, 6) is 1.08. The highest BCUT2D eigenvalue weighted by atomic mass is 17.2. The average Bonchev–Trinajstić information content (AvgIpc) is 2.97. The second kappa shape index (κ2) is 10.3. The zero-order chi connectivity index (χ0) is 21.6. The predicted octanol–water partition coefficient (Wildman–Crippen LogP) is 6.42. The number of benzene rings is 1. The number of hydrogen-bond donors (Lipinski definition) is 0. The zero-order valence-corrected chi connectivity index (χ0v) is 19.3. The third-order valence-electron chi connectivity index (χ3n) is 6.81. The second-order valence-electron chi connectivity index (χ2n) is 10.4. The van der Waals surface area contributed by atoms with Gasteiger partial charge in [0.25, 0.3) is 0 Å². The van der Waals surface area contributed by atoms with Crippen LogP contribution in [-0.2, 0) is 25.7 Å². The molecule has 5 atom stereocenters. The summed E-state index contributed by atoms with van der Waals surface area (Å²) in [7, 11) is 0. The van der Waals surface area contributed by atoms with Gasteiger partial charge in [-0.15, -0.1) is 0 Å². The van der Waals surface area contributed by atoms with Crippen LogP contribution < -0.4 is 0 Å². The van der Waals surface area contributed by atoms with Crippen LogP contribution in [0.2, 0.25) is 0 Å². The standard InChI is InChI=1S/C26H40O4/c1-20(12-8-5-6-9-13-22-14-10-7-11-15-22)16-21(2)18-25(3)19-26(4)23(29-30-25)17-24(27)28-26/h7,10-11,14-15,20-21,23H,5-6,8-9,12-13,16-19H2,1-4H3. The molecule has 0 N–H and O–H groups in total. The first-order valence-corrected chi connectivity index (χ1v) is 11.9. The van der Waals surface area contributed by atoms with Crippen molar-refractivity contribution in [1.29, 1.82) is 0 Å². The normalized spacial score (nSPS) is 30.5. The molecule has 4 nitrogen and oxygen atoms in total. The second-order valence-corrected chi connectivity index (χ2v) is 10.4. The van der Waals surface area contributed by atoms with Gasteiger partial charge in [0.1, 0.15) is 17.3 Å². The summed E-state index contributed by atoms with van der Waals surface area (Å²) in [6, 6.07) is 10.8.